The zero-order valence-electron chi connectivity index (χ0n) is 7.19. The summed E-state index contributed by atoms with van der Waals surface area (Å²) in [6.07, 6.45) is 5.33. The molecule has 0 aromatic carbocycles. The van der Waals surface area contributed by atoms with Crippen LogP contribution in [-0.4, -0.2) is 4.98 Å². The van der Waals surface area contributed by atoms with Crippen molar-refractivity contribution < 1.29 is 4.57 Å². The molecule has 2 rings (SSSR count). The lowest BCUT2D eigenvalue weighted by Gasteiger charge is -1.96. The van der Waals surface area contributed by atoms with Gasteiger partial charge in [-0.1, -0.05) is 29.3 Å². The van der Waals surface area contributed by atoms with Crippen LogP contribution in [0, 0.1) is 0 Å². The average molecular weight is 226 g/mol. The highest BCUT2D eigenvalue weighted by atomic mass is 35.5. The van der Waals surface area contributed by atoms with Gasteiger partial charge in [0, 0.05) is 0 Å². The van der Waals surface area contributed by atoms with Crippen LogP contribution in [0.2, 0.25) is 10.0 Å². The van der Waals surface area contributed by atoms with E-state index in [1.165, 1.54) is 0 Å². The number of pyridine rings is 2. The van der Waals surface area contributed by atoms with E-state index in [4.69, 9.17) is 23.2 Å². The molecule has 0 amide bonds. The highest BCUT2D eigenvalue weighted by molar-refractivity contribution is 6.35. The maximum Gasteiger partial charge on any atom is 0.346 e. The molecular formula is C10H7Cl2N2+. The van der Waals surface area contributed by atoms with E-state index in [0.717, 1.165) is 0 Å². The SMILES string of the molecule is Clc1cnc(-[n+]2ccccc2)c(Cl)c1. The maximum absolute atomic E-state index is 6.00. The zero-order chi connectivity index (χ0) is 9.97. The molecule has 2 aromatic heterocycles. The molecule has 0 atom stereocenters. The molecule has 2 nitrogen and oxygen atoms in total. The van der Waals surface area contributed by atoms with Gasteiger partial charge < -0.3 is 0 Å². The van der Waals surface area contributed by atoms with E-state index in [0.29, 0.717) is 15.9 Å². The normalized spacial score (nSPS) is 10.1. The largest absolute Gasteiger partial charge is 0.346 e. The van der Waals surface area contributed by atoms with Crippen LogP contribution in [0.4, 0.5) is 0 Å². The molecule has 0 aliphatic rings. The first-order valence-electron chi connectivity index (χ1n) is 4.05. The predicted molar refractivity (Wildman–Crippen MR) is 55.8 cm³/mol. The second-order valence-electron chi connectivity index (χ2n) is 2.74. The van der Waals surface area contributed by atoms with Gasteiger partial charge in [-0.2, -0.15) is 0 Å². The summed E-state index contributed by atoms with van der Waals surface area (Å²) in [7, 11) is 0. The average Bonchev–Trinajstić information content (AvgIpc) is 2.19. The number of hydrogen-bond acceptors (Lipinski definition) is 1. The van der Waals surface area contributed by atoms with E-state index >= 15 is 0 Å². The molecule has 2 aromatic rings. The van der Waals surface area contributed by atoms with Crippen LogP contribution in [0.1, 0.15) is 0 Å². The summed E-state index contributed by atoms with van der Waals surface area (Å²) in [5.41, 5.74) is 0. The molecule has 0 saturated carbocycles. The number of halogens is 2. The molecule has 0 unspecified atom stereocenters. The summed E-state index contributed by atoms with van der Waals surface area (Å²) in [4.78, 5) is 4.15. The molecule has 70 valence electrons. The topological polar surface area (TPSA) is 16.8 Å². The van der Waals surface area contributed by atoms with Gasteiger partial charge in [-0.05, 0) is 23.2 Å². The van der Waals surface area contributed by atoms with E-state index in [1.54, 1.807) is 12.3 Å². The summed E-state index contributed by atoms with van der Waals surface area (Å²) >= 11 is 11.7. The van der Waals surface area contributed by atoms with E-state index in [9.17, 15) is 0 Å². The van der Waals surface area contributed by atoms with Crippen LogP contribution in [0.5, 0.6) is 0 Å². The Hall–Kier alpha value is -1.12. The minimum absolute atomic E-state index is 0.536. The first-order valence-corrected chi connectivity index (χ1v) is 4.81. The second kappa shape index (κ2) is 3.95. The number of nitrogens with zero attached hydrogens (tertiary/aromatic N) is 2. The summed E-state index contributed by atoms with van der Waals surface area (Å²) in [5.74, 6) is 0.677. The Labute approximate surface area is 91.7 Å². The van der Waals surface area contributed by atoms with Gasteiger partial charge in [0.1, 0.15) is 5.02 Å². The molecule has 0 bridgehead atoms. The fourth-order valence-corrected chi connectivity index (χ4v) is 1.61. The van der Waals surface area contributed by atoms with Crippen molar-refractivity contribution in [3.05, 3.63) is 52.9 Å². The molecule has 2 heterocycles. The van der Waals surface area contributed by atoms with Crippen molar-refractivity contribution in [2.24, 2.45) is 0 Å². The lowest BCUT2D eigenvalue weighted by Crippen LogP contribution is -2.30. The Morgan fingerprint density at radius 2 is 1.79 bits per heavy atom. The smallest absolute Gasteiger partial charge is 0.202 e. The predicted octanol–water partition coefficient (Wildman–Crippen LogP) is 2.67. The molecule has 0 saturated heterocycles. The van der Waals surface area contributed by atoms with Crippen molar-refractivity contribution in [2.45, 2.75) is 0 Å². The van der Waals surface area contributed by atoms with Crippen LogP contribution in [0.25, 0.3) is 5.82 Å². The van der Waals surface area contributed by atoms with Gasteiger partial charge in [0.15, 0.2) is 6.20 Å². The quantitative estimate of drug-likeness (QED) is 0.683. The highest BCUT2D eigenvalue weighted by Crippen LogP contribution is 2.17. The van der Waals surface area contributed by atoms with E-state index < -0.39 is 0 Å². The van der Waals surface area contributed by atoms with Gasteiger partial charge in [0.05, 0.1) is 17.4 Å². The Bertz CT molecular complexity index is 443. The lowest BCUT2D eigenvalue weighted by atomic mass is 10.4. The molecule has 0 aliphatic heterocycles. The van der Waals surface area contributed by atoms with Crippen molar-refractivity contribution in [3.63, 3.8) is 0 Å². The highest BCUT2D eigenvalue weighted by Gasteiger charge is 2.12. The van der Waals surface area contributed by atoms with E-state index in [2.05, 4.69) is 4.98 Å². The first kappa shape index (κ1) is 9.44. The Morgan fingerprint density at radius 1 is 1.07 bits per heavy atom. The molecule has 4 heteroatoms. The monoisotopic (exact) mass is 225 g/mol. The fraction of sp³-hybridized carbons (Fsp3) is 0. The first-order chi connectivity index (χ1) is 6.77. The van der Waals surface area contributed by atoms with Crippen LogP contribution in [0.3, 0.4) is 0 Å². The molecule has 0 spiro atoms. The Morgan fingerprint density at radius 3 is 2.43 bits per heavy atom. The third kappa shape index (κ3) is 1.86. The molecular weight excluding hydrogens is 219 g/mol. The van der Waals surface area contributed by atoms with Crippen molar-refractivity contribution in [1.82, 2.24) is 4.98 Å². The number of aromatic nitrogens is 2. The summed E-state index contributed by atoms with van der Waals surface area (Å²) in [6.45, 7) is 0. The summed E-state index contributed by atoms with van der Waals surface area (Å²) < 4.78 is 1.83. The lowest BCUT2D eigenvalue weighted by molar-refractivity contribution is -0.599. The fourth-order valence-electron chi connectivity index (χ4n) is 1.14. The molecule has 14 heavy (non-hydrogen) atoms. The van der Waals surface area contributed by atoms with Crippen LogP contribution in [-0.2, 0) is 0 Å². The van der Waals surface area contributed by atoms with Crippen LogP contribution >= 0.6 is 23.2 Å². The van der Waals surface area contributed by atoms with Gasteiger partial charge in [-0.3, -0.25) is 0 Å². The second-order valence-corrected chi connectivity index (χ2v) is 3.59. The van der Waals surface area contributed by atoms with Crippen LogP contribution in [0.15, 0.2) is 42.9 Å². The standard InChI is InChI=1S/C10H7Cl2N2/c11-8-6-9(12)10(13-7-8)14-4-2-1-3-5-14/h1-7H/q+1. The van der Waals surface area contributed by atoms with Gasteiger partial charge in [0.25, 0.3) is 0 Å². The number of hydrogen-bond donors (Lipinski definition) is 0. The van der Waals surface area contributed by atoms with Crippen molar-refractivity contribution in [2.75, 3.05) is 0 Å². The van der Waals surface area contributed by atoms with Crippen molar-refractivity contribution in [3.8, 4) is 5.82 Å². The molecule has 0 N–H and O–H groups in total. The van der Waals surface area contributed by atoms with Gasteiger partial charge in [-0.15, -0.1) is 0 Å². The minimum atomic E-state index is 0.536. The Kier molecular flexibility index (Phi) is 2.66. The van der Waals surface area contributed by atoms with Gasteiger partial charge in [-0.25, -0.2) is 4.57 Å². The Balaban J connectivity index is 2.53. The third-order valence-electron chi connectivity index (χ3n) is 1.75. The molecule has 0 fully saturated rings. The zero-order valence-corrected chi connectivity index (χ0v) is 8.70. The minimum Gasteiger partial charge on any atom is -0.202 e. The van der Waals surface area contributed by atoms with Crippen molar-refractivity contribution >= 4 is 23.2 Å². The third-order valence-corrected chi connectivity index (χ3v) is 2.23. The van der Waals surface area contributed by atoms with Crippen LogP contribution < -0.4 is 4.57 Å². The molecule has 0 aliphatic carbocycles. The summed E-state index contributed by atoms with van der Waals surface area (Å²) in [5, 5.41) is 1.07. The summed E-state index contributed by atoms with van der Waals surface area (Å²) in [6, 6.07) is 7.42. The number of rotatable bonds is 1. The maximum atomic E-state index is 6.00. The van der Waals surface area contributed by atoms with Gasteiger partial charge in [0.2, 0.25) is 0 Å². The van der Waals surface area contributed by atoms with Crippen molar-refractivity contribution in [1.29, 1.82) is 0 Å². The van der Waals surface area contributed by atoms with E-state index in [-0.39, 0.29) is 0 Å². The van der Waals surface area contributed by atoms with E-state index in [1.807, 2.05) is 35.2 Å². The molecule has 0 radical (unpaired) electrons. The van der Waals surface area contributed by atoms with Gasteiger partial charge >= 0.3 is 5.82 Å².